The van der Waals surface area contributed by atoms with Gasteiger partial charge in [-0.05, 0) is 54.3 Å². The molecule has 0 atom stereocenters. The third kappa shape index (κ3) is 5.70. The second-order valence-electron chi connectivity index (χ2n) is 8.15. The molecule has 6 heteroatoms. The van der Waals surface area contributed by atoms with Gasteiger partial charge >= 0.3 is 5.97 Å². The molecule has 0 fully saturated rings. The topological polar surface area (TPSA) is 64.3 Å². The molecule has 5 nitrogen and oxygen atoms in total. The maximum atomic E-state index is 14.0. The molecule has 0 saturated heterocycles. The Hall–Kier alpha value is -3.93. The van der Waals surface area contributed by atoms with Gasteiger partial charge in [0.15, 0.2) is 6.61 Å². The van der Waals surface area contributed by atoms with E-state index in [4.69, 9.17) is 14.9 Å². The summed E-state index contributed by atoms with van der Waals surface area (Å²) < 4.78 is 21.5. The molecular formula is C28H27FN2O3. The van der Waals surface area contributed by atoms with Crippen LogP contribution in [0.15, 0.2) is 78.9 Å². The van der Waals surface area contributed by atoms with Crippen LogP contribution in [-0.4, -0.2) is 27.5 Å². The maximum absolute atomic E-state index is 14.0. The van der Waals surface area contributed by atoms with Crippen molar-refractivity contribution in [3.8, 4) is 28.3 Å². The largest absolute Gasteiger partial charge is 0.481 e. The molecule has 0 radical (unpaired) electrons. The zero-order valence-electron chi connectivity index (χ0n) is 19.1. The van der Waals surface area contributed by atoms with Crippen LogP contribution < -0.4 is 4.74 Å². The van der Waals surface area contributed by atoms with Crippen LogP contribution in [0.4, 0.5) is 4.39 Å². The number of aromatic nitrogens is 2. The SMILES string of the molecule is CCCc1ccc(OCC(=O)O)c(-c2cc(-c3cccc(F)c3)n(CCc3ccccc3)n2)c1. The molecule has 0 saturated carbocycles. The fourth-order valence-electron chi connectivity index (χ4n) is 3.97. The lowest BCUT2D eigenvalue weighted by Crippen LogP contribution is -2.10. The van der Waals surface area contributed by atoms with Crippen molar-refractivity contribution >= 4 is 5.97 Å². The monoisotopic (exact) mass is 458 g/mol. The van der Waals surface area contributed by atoms with E-state index in [1.54, 1.807) is 12.1 Å². The van der Waals surface area contributed by atoms with Crippen LogP contribution in [0.3, 0.4) is 0 Å². The van der Waals surface area contributed by atoms with E-state index in [0.717, 1.165) is 41.6 Å². The zero-order chi connectivity index (χ0) is 23.9. The summed E-state index contributed by atoms with van der Waals surface area (Å²) in [6.45, 7) is 2.27. The smallest absolute Gasteiger partial charge is 0.341 e. The average Bonchev–Trinajstić information content (AvgIpc) is 3.27. The van der Waals surface area contributed by atoms with E-state index in [2.05, 4.69) is 19.1 Å². The van der Waals surface area contributed by atoms with E-state index in [1.165, 1.54) is 17.7 Å². The fraction of sp³-hybridized carbons (Fsp3) is 0.214. The number of carboxylic acid groups (broad SMARTS) is 1. The summed E-state index contributed by atoms with van der Waals surface area (Å²) in [6, 6.07) is 24.2. The molecule has 3 aromatic carbocycles. The second-order valence-corrected chi connectivity index (χ2v) is 8.15. The Morgan fingerprint density at radius 3 is 2.53 bits per heavy atom. The van der Waals surface area contributed by atoms with Crippen LogP contribution in [0.5, 0.6) is 5.75 Å². The van der Waals surface area contributed by atoms with Crippen molar-refractivity contribution in [1.82, 2.24) is 9.78 Å². The standard InChI is InChI=1S/C28H27FN2O3/c1-2-7-21-12-13-27(34-19-28(32)33)24(16-21)25-18-26(22-10-6-11-23(29)17-22)31(30-25)15-14-20-8-4-3-5-9-20/h3-6,8-13,16-18H,2,7,14-15,19H2,1H3,(H,32,33). The van der Waals surface area contributed by atoms with Crippen LogP contribution >= 0.6 is 0 Å². The number of rotatable bonds is 10. The third-order valence-corrected chi connectivity index (χ3v) is 5.57. The summed E-state index contributed by atoms with van der Waals surface area (Å²) in [5.41, 5.74) is 5.19. The van der Waals surface area contributed by atoms with Gasteiger partial charge in [0.05, 0.1) is 11.4 Å². The van der Waals surface area contributed by atoms with Crippen LogP contribution in [0.1, 0.15) is 24.5 Å². The first kappa shape index (κ1) is 23.2. The number of benzene rings is 3. The minimum Gasteiger partial charge on any atom is -0.481 e. The number of hydrogen-bond donors (Lipinski definition) is 1. The van der Waals surface area contributed by atoms with Gasteiger partial charge in [0.2, 0.25) is 0 Å². The predicted molar refractivity (Wildman–Crippen MR) is 130 cm³/mol. The molecule has 0 bridgehead atoms. The van der Waals surface area contributed by atoms with Crippen molar-refractivity contribution in [2.24, 2.45) is 0 Å². The second kappa shape index (κ2) is 10.8. The fourth-order valence-corrected chi connectivity index (χ4v) is 3.97. The van der Waals surface area contributed by atoms with Crippen molar-refractivity contribution in [3.05, 3.63) is 95.8 Å². The third-order valence-electron chi connectivity index (χ3n) is 5.57. The van der Waals surface area contributed by atoms with Gasteiger partial charge in [-0.15, -0.1) is 0 Å². The highest BCUT2D eigenvalue weighted by molar-refractivity contribution is 5.74. The van der Waals surface area contributed by atoms with Gasteiger partial charge in [-0.1, -0.05) is 61.9 Å². The van der Waals surface area contributed by atoms with Crippen LogP contribution in [0, 0.1) is 5.82 Å². The molecule has 0 spiro atoms. The lowest BCUT2D eigenvalue weighted by atomic mass is 10.0. The number of carboxylic acids is 1. The number of nitrogens with zero attached hydrogens (tertiary/aromatic N) is 2. The number of aryl methyl sites for hydroxylation is 3. The van der Waals surface area contributed by atoms with Gasteiger partial charge in [0.1, 0.15) is 11.6 Å². The summed E-state index contributed by atoms with van der Waals surface area (Å²) in [5, 5.41) is 14.0. The highest BCUT2D eigenvalue weighted by atomic mass is 19.1. The van der Waals surface area contributed by atoms with Crippen molar-refractivity contribution in [2.45, 2.75) is 32.7 Å². The molecule has 0 aliphatic carbocycles. The zero-order valence-corrected chi connectivity index (χ0v) is 19.1. The first-order valence-corrected chi connectivity index (χ1v) is 11.4. The molecular weight excluding hydrogens is 431 g/mol. The van der Waals surface area contributed by atoms with E-state index >= 15 is 0 Å². The Labute approximate surface area is 198 Å². The number of hydrogen-bond acceptors (Lipinski definition) is 3. The Morgan fingerprint density at radius 2 is 1.79 bits per heavy atom. The molecule has 0 amide bonds. The Bertz CT molecular complexity index is 1270. The molecule has 1 N–H and O–H groups in total. The number of carbonyl (C=O) groups is 1. The van der Waals surface area contributed by atoms with Crippen molar-refractivity contribution in [1.29, 1.82) is 0 Å². The number of halogens is 1. The molecule has 0 aliphatic rings. The minimum absolute atomic E-state index is 0.315. The van der Waals surface area contributed by atoms with E-state index in [1.807, 2.05) is 47.1 Å². The van der Waals surface area contributed by atoms with Crippen LogP contribution in [0.2, 0.25) is 0 Å². The Balaban J connectivity index is 1.77. The molecule has 0 aliphatic heterocycles. The molecule has 1 heterocycles. The normalized spacial score (nSPS) is 10.9. The van der Waals surface area contributed by atoms with Gasteiger partial charge in [-0.25, -0.2) is 9.18 Å². The molecule has 174 valence electrons. The summed E-state index contributed by atoms with van der Waals surface area (Å²) in [5.74, 6) is -0.900. The number of aliphatic carboxylic acids is 1. The van der Waals surface area contributed by atoms with E-state index in [0.29, 0.717) is 18.0 Å². The molecule has 1 aromatic heterocycles. The van der Waals surface area contributed by atoms with E-state index < -0.39 is 12.6 Å². The molecule has 0 unspecified atom stereocenters. The van der Waals surface area contributed by atoms with Crippen molar-refractivity contribution in [3.63, 3.8) is 0 Å². The highest BCUT2D eigenvalue weighted by Gasteiger charge is 2.17. The summed E-state index contributed by atoms with van der Waals surface area (Å²) in [6.07, 6.45) is 2.63. The van der Waals surface area contributed by atoms with Crippen molar-refractivity contribution < 1.29 is 19.0 Å². The summed E-state index contributed by atoms with van der Waals surface area (Å²) in [7, 11) is 0. The van der Waals surface area contributed by atoms with Gasteiger partial charge < -0.3 is 9.84 Å². The summed E-state index contributed by atoms with van der Waals surface area (Å²) >= 11 is 0. The lowest BCUT2D eigenvalue weighted by Gasteiger charge is -2.11. The predicted octanol–water partition coefficient (Wildman–Crippen LogP) is 6.01. The lowest BCUT2D eigenvalue weighted by molar-refractivity contribution is -0.139. The van der Waals surface area contributed by atoms with E-state index in [9.17, 15) is 9.18 Å². The van der Waals surface area contributed by atoms with Crippen molar-refractivity contribution in [2.75, 3.05) is 6.61 Å². The molecule has 4 aromatic rings. The summed E-state index contributed by atoms with van der Waals surface area (Å²) in [4.78, 5) is 11.1. The Morgan fingerprint density at radius 1 is 0.971 bits per heavy atom. The first-order valence-electron chi connectivity index (χ1n) is 11.4. The van der Waals surface area contributed by atoms with Gasteiger partial charge in [0, 0.05) is 17.7 Å². The van der Waals surface area contributed by atoms with Gasteiger partial charge in [0.25, 0.3) is 0 Å². The first-order chi connectivity index (χ1) is 16.5. The quantitative estimate of drug-likeness (QED) is 0.316. The minimum atomic E-state index is -1.04. The Kier molecular flexibility index (Phi) is 7.38. The van der Waals surface area contributed by atoms with Crippen LogP contribution in [-0.2, 0) is 24.2 Å². The van der Waals surface area contributed by atoms with Crippen LogP contribution in [0.25, 0.3) is 22.5 Å². The molecule has 34 heavy (non-hydrogen) atoms. The van der Waals surface area contributed by atoms with Gasteiger partial charge in [-0.3, -0.25) is 4.68 Å². The van der Waals surface area contributed by atoms with E-state index in [-0.39, 0.29) is 5.82 Å². The molecule has 4 rings (SSSR count). The van der Waals surface area contributed by atoms with Gasteiger partial charge in [-0.2, -0.15) is 5.10 Å². The number of ether oxygens (including phenoxy) is 1. The maximum Gasteiger partial charge on any atom is 0.341 e. The average molecular weight is 459 g/mol. The highest BCUT2D eigenvalue weighted by Crippen LogP contribution is 2.34.